The smallest absolute Gasteiger partial charge is 0.244 e. The van der Waals surface area contributed by atoms with Crippen LogP contribution in [0.15, 0.2) is 0 Å². The molecule has 2 amide bonds. The molecule has 0 saturated carbocycles. The van der Waals surface area contributed by atoms with E-state index in [9.17, 15) is 9.59 Å². The molecule has 0 bridgehead atoms. The number of rotatable bonds is 2. The first-order chi connectivity index (χ1) is 11.1. The summed E-state index contributed by atoms with van der Waals surface area (Å²) in [6.07, 6.45) is 6.93. The van der Waals surface area contributed by atoms with Gasteiger partial charge in [0, 0.05) is 35.6 Å². The van der Waals surface area contributed by atoms with Crippen molar-refractivity contribution in [3.8, 4) is 0 Å². The zero-order valence-corrected chi connectivity index (χ0v) is 14.1. The molecular weight excluding hydrogens is 310 g/mol. The van der Waals surface area contributed by atoms with Gasteiger partial charge in [-0.2, -0.15) is 0 Å². The van der Waals surface area contributed by atoms with Gasteiger partial charge in [0.25, 0.3) is 0 Å². The van der Waals surface area contributed by atoms with E-state index >= 15 is 0 Å². The van der Waals surface area contributed by atoms with Gasteiger partial charge in [-0.05, 0) is 30.5 Å². The van der Waals surface area contributed by atoms with Crippen LogP contribution in [0, 0.1) is 6.92 Å². The minimum absolute atomic E-state index is 0.0155. The van der Waals surface area contributed by atoms with Crippen LogP contribution in [0.5, 0.6) is 0 Å². The fourth-order valence-electron chi connectivity index (χ4n) is 3.75. The first-order valence-corrected chi connectivity index (χ1v) is 9.03. The maximum Gasteiger partial charge on any atom is 0.244 e. The summed E-state index contributed by atoms with van der Waals surface area (Å²) in [5.41, 5.74) is 1.40. The Bertz CT molecular complexity index is 782. The van der Waals surface area contributed by atoms with Crippen LogP contribution < -0.4 is 15.1 Å². The maximum absolute atomic E-state index is 12.1. The molecule has 3 aliphatic rings. The molecule has 1 aromatic heterocycles. The number of carbonyl (C=O) groups excluding carboxylic acids is 2. The molecule has 1 atom stereocenters. The van der Waals surface area contributed by atoms with Crippen LogP contribution in [0.1, 0.15) is 23.3 Å². The summed E-state index contributed by atoms with van der Waals surface area (Å²) in [7, 11) is 0. The van der Waals surface area contributed by atoms with E-state index < -0.39 is 0 Å². The summed E-state index contributed by atoms with van der Waals surface area (Å²) < 4.78 is 1.40. The number of thiophene rings is 1. The van der Waals surface area contributed by atoms with Gasteiger partial charge in [0.2, 0.25) is 11.8 Å². The maximum atomic E-state index is 12.1. The van der Waals surface area contributed by atoms with Crippen molar-refractivity contribution >= 4 is 35.3 Å². The molecule has 4 rings (SSSR count). The third kappa shape index (κ3) is 2.60. The Morgan fingerprint density at radius 3 is 2.96 bits per heavy atom. The van der Waals surface area contributed by atoms with E-state index in [0.717, 1.165) is 25.9 Å². The summed E-state index contributed by atoms with van der Waals surface area (Å²) in [5.74, 6) is 0.0274. The Morgan fingerprint density at radius 1 is 1.26 bits per heavy atom. The standard InChI is InChI=1S/C17H21N3O2S/c1-11-13(12-4-2-3-5-15(12)23-11)9-19-6-7-20-14(10-19)17(22)18-8-16(20)21/h4-5,14H,2-3,6-10H2,1H3,(H,18,22). The number of amides is 2. The fourth-order valence-corrected chi connectivity index (χ4v) is 4.89. The number of hydrogen-bond donors (Lipinski definition) is 1. The van der Waals surface area contributed by atoms with Crippen LogP contribution in [-0.2, 0) is 16.1 Å². The van der Waals surface area contributed by atoms with Crippen molar-refractivity contribution in [1.82, 2.24) is 15.1 Å². The monoisotopic (exact) mass is 331 g/mol. The van der Waals surface area contributed by atoms with Crippen LogP contribution in [-0.4, -0.2) is 53.8 Å². The number of carbonyl (C=O) groups is 2. The van der Waals surface area contributed by atoms with Crippen LogP contribution in [0.3, 0.4) is 0 Å². The topological polar surface area (TPSA) is 52.6 Å². The van der Waals surface area contributed by atoms with Crippen molar-refractivity contribution < 1.29 is 9.59 Å². The van der Waals surface area contributed by atoms with Gasteiger partial charge in [0.05, 0.1) is 6.54 Å². The summed E-state index contributed by atoms with van der Waals surface area (Å²) in [6.45, 7) is 5.32. The highest BCUT2D eigenvalue weighted by atomic mass is 32.1. The van der Waals surface area contributed by atoms with Crippen molar-refractivity contribution in [2.75, 3.05) is 26.2 Å². The quantitative estimate of drug-likeness (QED) is 0.799. The molecule has 1 aliphatic carbocycles. The third-order valence-corrected chi connectivity index (χ3v) is 6.17. The molecule has 2 aliphatic heterocycles. The fraction of sp³-hybridized carbons (Fsp3) is 0.529. The molecule has 23 heavy (non-hydrogen) atoms. The van der Waals surface area contributed by atoms with Gasteiger partial charge >= 0.3 is 0 Å². The van der Waals surface area contributed by atoms with Gasteiger partial charge in [-0.15, -0.1) is 11.3 Å². The van der Waals surface area contributed by atoms with Gasteiger partial charge in [0.15, 0.2) is 0 Å². The van der Waals surface area contributed by atoms with Crippen molar-refractivity contribution in [2.24, 2.45) is 0 Å². The summed E-state index contributed by atoms with van der Waals surface area (Å²) in [5, 5.41) is 4.10. The average Bonchev–Trinajstić information content (AvgIpc) is 2.87. The lowest BCUT2D eigenvalue weighted by molar-refractivity contribution is -0.149. The number of nitrogens with one attached hydrogen (secondary N) is 1. The SMILES string of the molecule is Cc1sc2c(c1CN1CCN3C(=O)CNC(=O)C3C1)=CCCC=2. The Kier molecular flexibility index (Phi) is 3.73. The lowest BCUT2D eigenvalue weighted by atomic mass is 10.1. The van der Waals surface area contributed by atoms with Crippen molar-refractivity contribution in [1.29, 1.82) is 0 Å². The van der Waals surface area contributed by atoms with Crippen molar-refractivity contribution in [3.63, 3.8) is 0 Å². The van der Waals surface area contributed by atoms with E-state index in [2.05, 4.69) is 29.3 Å². The average molecular weight is 331 g/mol. The van der Waals surface area contributed by atoms with E-state index in [4.69, 9.17) is 0 Å². The predicted octanol–water partition coefficient (Wildman–Crippen LogP) is -0.446. The lowest BCUT2D eigenvalue weighted by Crippen LogP contribution is -2.65. The molecule has 2 fully saturated rings. The predicted molar refractivity (Wildman–Crippen MR) is 90.3 cm³/mol. The second-order valence-corrected chi connectivity index (χ2v) is 7.71. The van der Waals surface area contributed by atoms with E-state index in [1.165, 1.54) is 20.2 Å². The van der Waals surface area contributed by atoms with E-state index in [1.807, 2.05) is 11.3 Å². The number of aryl methyl sites for hydroxylation is 1. The van der Waals surface area contributed by atoms with Crippen molar-refractivity contribution in [3.05, 3.63) is 20.2 Å². The Labute approximate surface area is 139 Å². The van der Waals surface area contributed by atoms with Crippen LogP contribution in [0.4, 0.5) is 0 Å². The van der Waals surface area contributed by atoms with Gasteiger partial charge in [-0.25, -0.2) is 0 Å². The minimum Gasteiger partial charge on any atom is -0.345 e. The number of nitrogens with zero attached hydrogens (tertiary/aromatic N) is 2. The molecule has 0 spiro atoms. The molecule has 3 heterocycles. The molecule has 5 nitrogen and oxygen atoms in total. The third-order valence-electron chi connectivity index (χ3n) is 5.01. The summed E-state index contributed by atoms with van der Waals surface area (Å²) in [4.78, 5) is 29.4. The zero-order valence-electron chi connectivity index (χ0n) is 13.3. The number of hydrogen-bond acceptors (Lipinski definition) is 4. The first-order valence-electron chi connectivity index (χ1n) is 8.21. The van der Waals surface area contributed by atoms with Gasteiger partial charge in [-0.3, -0.25) is 14.5 Å². The van der Waals surface area contributed by atoms with E-state index in [1.54, 1.807) is 4.90 Å². The Hall–Kier alpha value is -1.66. The van der Waals surface area contributed by atoms with Crippen LogP contribution in [0.2, 0.25) is 0 Å². The highest BCUT2D eigenvalue weighted by Crippen LogP contribution is 2.17. The first kappa shape index (κ1) is 14.9. The van der Waals surface area contributed by atoms with Gasteiger partial charge in [-0.1, -0.05) is 12.2 Å². The second kappa shape index (κ2) is 5.76. The largest absolute Gasteiger partial charge is 0.345 e. The van der Waals surface area contributed by atoms with E-state index in [-0.39, 0.29) is 24.4 Å². The number of fused-ring (bicyclic) bond motifs is 2. The minimum atomic E-state index is -0.324. The molecule has 6 heteroatoms. The second-order valence-electron chi connectivity index (χ2n) is 6.46. The molecule has 2 saturated heterocycles. The molecular formula is C17H21N3O2S. The van der Waals surface area contributed by atoms with Crippen LogP contribution in [0.25, 0.3) is 12.2 Å². The lowest BCUT2D eigenvalue weighted by Gasteiger charge is -2.43. The highest BCUT2D eigenvalue weighted by Gasteiger charge is 2.38. The van der Waals surface area contributed by atoms with Gasteiger partial charge in [0.1, 0.15) is 6.04 Å². The highest BCUT2D eigenvalue weighted by molar-refractivity contribution is 7.09. The van der Waals surface area contributed by atoms with Gasteiger partial charge < -0.3 is 10.2 Å². The molecule has 0 radical (unpaired) electrons. The Balaban J connectivity index is 1.56. The molecule has 122 valence electrons. The van der Waals surface area contributed by atoms with Crippen molar-refractivity contribution in [2.45, 2.75) is 32.4 Å². The summed E-state index contributed by atoms with van der Waals surface area (Å²) >= 11 is 1.87. The molecule has 1 unspecified atom stereocenters. The molecule has 1 N–H and O–H groups in total. The van der Waals surface area contributed by atoms with E-state index in [0.29, 0.717) is 13.1 Å². The molecule has 0 aromatic carbocycles. The summed E-state index contributed by atoms with van der Waals surface area (Å²) in [6, 6.07) is -0.324. The number of piperazine rings is 2. The Morgan fingerprint density at radius 2 is 2.09 bits per heavy atom. The van der Waals surface area contributed by atoms with Crippen LogP contribution >= 0.6 is 11.3 Å². The normalized spacial score (nSPS) is 24.4. The molecule has 1 aromatic rings. The zero-order chi connectivity index (χ0) is 16.0.